The predicted octanol–water partition coefficient (Wildman–Crippen LogP) is 10.9. The lowest BCUT2D eigenvalue weighted by Crippen LogP contribution is -2.43. The smallest absolute Gasteiger partial charge is 0.472 e. The van der Waals surface area contributed by atoms with E-state index < -0.39 is 57.6 Å². The lowest BCUT2D eigenvalue weighted by molar-refractivity contribution is -0.147. The van der Waals surface area contributed by atoms with Crippen LogP contribution in [0, 0.1) is 0 Å². The normalized spacial score (nSPS) is 13.9. The second-order valence-electron chi connectivity index (χ2n) is 14.9. The molecule has 4 N–H and O–H groups in total. The SMILES string of the molecule is CCC/C=C\CCCCCCCC(=O)NC(COP(=O)(O)OCC(O)COC(=O)CCCCCCCCCCCCCCCCCCCCCC)C(=O)O. The molecule has 0 bridgehead atoms. The molecule has 318 valence electrons. The molecule has 12 heteroatoms. The zero-order valence-corrected chi connectivity index (χ0v) is 35.2. The molecule has 0 rings (SSSR count). The minimum atomic E-state index is -4.75. The van der Waals surface area contributed by atoms with Crippen LogP contribution >= 0.6 is 7.82 Å². The van der Waals surface area contributed by atoms with Crippen molar-refractivity contribution in [1.29, 1.82) is 0 Å². The zero-order chi connectivity index (χ0) is 40.0. The van der Waals surface area contributed by atoms with E-state index in [9.17, 15) is 34.1 Å². The summed E-state index contributed by atoms with van der Waals surface area (Å²) in [5.41, 5.74) is 0. The van der Waals surface area contributed by atoms with E-state index in [1.807, 2.05) is 0 Å². The maximum atomic E-state index is 12.2. The summed E-state index contributed by atoms with van der Waals surface area (Å²) in [7, 11) is -4.75. The van der Waals surface area contributed by atoms with Crippen LogP contribution in [0.1, 0.15) is 206 Å². The van der Waals surface area contributed by atoms with Gasteiger partial charge in [0, 0.05) is 12.8 Å². The molecule has 0 aliphatic carbocycles. The van der Waals surface area contributed by atoms with Crippen LogP contribution in [0.5, 0.6) is 0 Å². The fourth-order valence-electron chi connectivity index (χ4n) is 6.14. The second-order valence-corrected chi connectivity index (χ2v) is 16.3. The van der Waals surface area contributed by atoms with Crippen molar-refractivity contribution in [3.63, 3.8) is 0 Å². The number of phosphoric acid groups is 1. The van der Waals surface area contributed by atoms with Crippen LogP contribution in [0.4, 0.5) is 0 Å². The van der Waals surface area contributed by atoms with Crippen molar-refractivity contribution in [2.24, 2.45) is 0 Å². The summed E-state index contributed by atoms with van der Waals surface area (Å²) >= 11 is 0. The van der Waals surface area contributed by atoms with Gasteiger partial charge < -0.3 is 25.2 Å². The zero-order valence-electron chi connectivity index (χ0n) is 34.3. The van der Waals surface area contributed by atoms with Crippen molar-refractivity contribution in [3.8, 4) is 0 Å². The molecule has 1 amide bonds. The lowest BCUT2D eigenvalue weighted by Gasteiger charge is -2.18. The number of aliphatic carboxylic acids is 1. The first-order valence-corrected chi connectivity index (χ1v) is 23.2. The summed E-state index contributed by atoms with van der Waals surface area (Å²) in [6, 6.07) is -1.55. The number of carboxylic acid groups (broad SMARTS) is 1. The maximum absolute atomic E-state index is 12.2. The molecule has 3 unspecified atom stereocenters. The maximum Gasteiger partial charge on any atom is 0.472 e. The molecular weight excluding hydrogens is 709 g/mol. The van der Waals surface area contributed by atoms with Crippen molar-refractivity contribution in [2.45, 2.75) is 219 Å². The minimum absolute atomic E-state index is 0.137. The number of rotatable bonds is 41. The molecule has 0 aliphatic rings. The number of carbonyl (C=O) groups excluding carboxylic acids is 2. The summed E-state index contributed by atoms with van der Waals surface area (Å²) in [5, 5.41) is 21.7. The van der Waals surface area contributed by atoms with Gasteiger partial charge in [0.1, 0.15) is 12.7 Å². The molecule has 11 nitrogen and oxygen atoms in total. The van der Waals surface area contributed by atoms with Gasteiger partial charge in [0.2, 0.25) is 5.91 Å². The van der Waals surface area contributed by atoms with E-state index in [0.29, 0.717) is 12.8 Å². The molecule has 54 heavy (non-hydrogen) atoms. The molecule has 0 aromatic rings. The Balaban J connectivity index is 3.81. The van der Waals surface area contributed by atoms with Gasteiger partial charge in [-0.1, -0.05) is 174 Å². The number of hydrogen-bond acceptors (Lipinski definition) is 8. The van der Waals surface area contributed by atoms with Crippen molar-refractivity contribution in [3.05, 3.63) is 12.2 Å². The highest BCUT2D eigenvalue weighted by atomic mass is 31.2. The fourth-order valence-corrected chi connectivity index (χ4v) is 6.91. The fraction of sp³-hybridized carbons (Fsp3) is 0.881. The summed E-state index contributed by atoms with van der Waals surface area (Å²) in [4.78, 5) is 45.7. The Morgan fingerprint density at radius 1 is 0.574 bits per heavy atom. The molecule has 0 aromatic heterocycles. The van der Waals surface area contributed by atoms with Gasteiger partial charge in [-0.25, -0.2) is 9.36 Å². The molecule has 0 saturated heterocycles. The van der Waals surface area contributed by atoms with Gasteiger partial charge in [-0.15, -0.1) is 0 Å². The van der Waals surface area contributed by atoms with Crippen molar-refractivity contribution in [2.75, 3.05) is 19.8 Å². The number of aliphatic hydroxyl groups is 1. The van der Waals surface area contributed by atoms with E-state index in [2.05, 4.69) is 31.3 Å². The van der Waals surface area contributed by atoms with Crippen LogP contribution in [0.2, 0.25) is 0 Å². The van der Waals surface area contributed by atoms with Crippen LogP contribution in [0.3, 0.4) is 0 Å². The Kier molecular flexibility index (Phi) is 36.9. The molecule has 0 aliphatic heterocycles. The van der Waals surface area contributed by atoms with Crippen LogP contribution in [0.25, 0.3) is 0 Å². The molecular formula is C42H80NO10P. The average Bonchev–Trinajstić information content (AvgIpc) is 3.14. The van der Waals surface area contributed by atoms with Gasteiger partial charge in [-0.05, 0) is 32.1 Å². The molecule has 0 heterocycles. The van der Waals surface area contributed by atoms with E-state index in [1.54, 1.807) is 0 Å². The third kappa shape index (κ3) is 37.2. The third-order valence-electron chi connectivity index (χ3n) is 9.54. The van der Waals surface area contributed by atoms with Gasteiger partial charge in [-0.2, -0.15) is 0 Å². The Bertz CT molecular complexity index is 979. The predicted molar refractivity (Wildman–Crippen MR) is 217 cm³/mol. The van der Waals surface area contributed by atoms with Gasteiger partial charge in [-0.3, -0.25) is 18.6 Å². The molecule has 3 atom stereocenters. The third-order valence-corrected chi connectivity index (χ3v) is 10.5. The molecule has 0 saturated carbocycles. The average molecular weight is 790 g/mol. The standard InChI is InChI=1S/C42H80NO10P/c1-3-5-7-9-11-13-15-16-17-18-19-20-21-22-23-24-26-28-30-32-34-41(46)51-35-38(44)36-52-54(49,50)53-37-39(42(47)48)43-40(45)33-31-29-27-25-14-12-10-8-6-4-2/h8,10,38-39,44H,3-7,9,11-37H2,1-2H3,(H,43,45)(H,47,48)(H,49,50)/b10-8-. The Morgan fingerprint density at radius 3 is 1.48 bits per heavy atom. The number of phosphoric ester groups is 1. The highest BCUT2D eigenvalue weighted by Gasteiger charge is 2.28. The Hall–Kier alpha value is -1.78. The van der Waals surface area contributed by atoms with Crippen molar-refractivity contribution in [1.82, 2.24) is 5.32 Å². The molecule has 0 aromatic carbocycles. The van der Waals surface area contributed by atoms with Crippen LogP contribution in [-0.4, -0.2) is 64.9 Å². The number of allylic oxidation sites excluding steroid dienone is 2. The molecule has 0 spiro atoms. The summed E-state index contributed by atoms with van der Waals surface area (Å²) in [5.74, 6) is -2.38. The quantitative estimate of drug-likeness (QED) is 0.0202. The minimum Gasteiger partial charge on any atom is -0.480 e. The van der Waals surface area contributed by atoms with E-state index in [-0.39, 0.29) is 12.8 Å². The summed E-state index contributed by atoms with van der Waals surface area (Å²) in [6.07, 6.45) is 36.9. The van der Waals surface area contributed by atoms with Crippen LogP contribution < -0.4 is 5.32 Å². The number of amides is 1. The number of ether oxygens (including phenoxy) is 1. The second kappa shape index (κ2) is 38.1. The largest absolute Gasteiger partial charge is 0.480 e. The topological polar surface area (TPSA) is 169 Å². The van der Waals surface area contributed by atoms with Crippen LogP contribution in [0.15, 0.2) is 12.2 Å². The van der Waals surface area contributed by atoms with Gasteiger partial charge >= 0.3 is 19.8 Å². The van der Waals surface area contributed by atoms with Gasteiger partial charge in [0.25, 0.3) is 0 Å². The lowest BCUT2D eigenvalue weighted by atomic mass is 10.0. The number of carbonyl (C=O) groups is 3. The Morgan fingerprint density at radius 2 is 1.00 bits per heavy atom. The van der Waals surface area contributed by atoms with E-state index >= 15 is 0 Å². The van der Waals surface area contributed by atoms with Gasteiger partial charge in [0.05, 0.1) is 13.2 Å². The number of esters is 1. The number of aliphatic hydroxyl groups excluding tert-OH is 1. The molecule has 0 fully saturated rings. The number of unbranched alkanes of at least 4 members (excludes halogenated alkanes) is 25. The van der Waals surface area contributed by atoms with E-state index in [4.69, 9.17) is 13.8 Å². The highest BCUT2D eigenvalue weighted by Crippen LogP contribution is 2.43. The molecule has 0 radical (unpaired) electrons. The van der Waals surface area contributed by atoms with E-state index in [1.165, 1.54) is 103 Å². The first-order chi connectivity index (χ1) is 26.1. The number of hydrogen-bond donors (Lipinski definition) is 4. The summed E-state index contributed by atoms with van der Waals surface area (Å²) < 4.78 is 26.8. The number of nitrogens with one attached hydrogen (secondary N) is 1. The van der Waals surface area contributed by atoms with E-state index in [0.717, 1.165) is 64.2 Å². The first-order valence-electron chi connectivity index (χ1n) is 21.7. The first kappa shape index (κ1) is 52.2. The Labute approximate surface area is 328 Å². The van der Waals surface area contributed by atoms with Gasteiger partial charge in [0.15, 0.2) is 6.04 Å². The monoisotopic (exact) mass is 790 g/mol. The summed E-state index contributed by atoms with van der Waals surface area (Å²) in [6.45, 7) is 2.53. The van der Waals surface area contributed by atoms with Crippen molar-refractivity contribution < 1.29 is 47.8 Å². The van der Waals surface area contributed by atoms with Crippen molar-refractivity contribution >= 4 is 25.7 Å². The van der Waals surface area contributed by atoms with Crippen LogP contribution in [-0.2, 0) is 32.7 Å². The number of carboxylic acids is 1. The highest BCUT2D eigenvalue weighted by molar-refractivity contribution is 7.47.